The van der Waals surface area contributed by atoms with Crippen LogP contribution in [0.1, 0.15) is 16.8 Å². The number of phenolic OH excluding ortho intramolecular Hbond substituents is 1. The number of hydrogen-bond donors (Lipinski definition) is 1. The number of nitrogens with zero attached hydrogens (tertiary/aromatic N) is 2. The number of sulfonamides is 1. The number of ether oxygens (including phenoxy) is 1. The number of rotatable bonds is 7. The van der Waals surface area contributed by atoms with E-state index in [0.717, 1.165) is 16.6 Å². The molecule has 0 aliphatic heterocycles. The van der Waals surface area contributed by atoms with Gasteiger partial charge < -0.3 is 9.84 Å². The van der Waals surface area contributed by atoms with Crippen LogP contribution in [-0.4, -0.2) is 29.9 Å². The average molecular weight is 517 g/mol. The number of aromatic nitrogens is 1. The lowest BCUT2D eigenvalue weighted by Crippen LogP contribution is -2.27. The zero-order valence-corrected chi connectivity index (χ0v) is 20.8. The molecule has 6 nitrogen and oxygen atoms in total. The van der Waals surface area contributed by atoms with E-state index in [1.54, 1.807) is 18.2 Å². The largest absolute Gasteiger partial charge is 0.508 e. The van der Waals surface area contributed by atoms with Gasteiger partial charge in [-0.1, -0.05) is 53.5 Å². The van der Waals surface area contributed by atoms with Crippen LogP contribution in [0.2, 0.25) is 10.0 Å². The fourth-order valence-electron chi connectivity index (χ4n) is 3.50. The second kappa shape index (κ2) is 9.80. The number of halogens is 2. The minimum Gasteiger partial charge on any atom is -0.508 e. The molecule has 4 aromatic rings. The Morgan fingerprint density at radius 1 is 1.00 bits per heavy atom. The number of aryl methyl sites for hydroxylation is 1. The third kappa shape index (κ3) is 4.98. The van der Waals surface area contributed by atoms with Gasteiger partial charge in [-0.15, -0.1) is 0 Å². The summed E-state index contributed by atoms with van der Waals surface area (Å²) < 4.78 is 33.7. The molecule has 0 bridgehead atoms. The molecule has 1 N–H and O–H groups in total. The number of benzene rings is 3. The highest BCUT2D eigenvalue weighted by Gasteiger charge is 2.26. The third-order valence-corrected chi connectivity index (χ3v) is 8.12. The van der Waals surface area contributed by atoms with E-state index in [0.29, 0.717) is 21.9 Å². The van der Waals surface area contributed by atoms with Gasteiger partial charge in [0.1, 0.15) is 28.5 Å². The van der Waals surface area contributed by atoms with Crippen LogP contribution in [0.4, 0.5) is 0 Å². The summed E-state index contributed by atoms with van der Waals surface area (Å²) in [6.07, 6.45) is 0. The summed E-state index contributed by atoms with van der Waals surface area (Å²) in [5, 5.41) is 10.7. The van der Waals surface area contributed by atoms with E-state index in [9.17, 15) is 13.5 Å². The number of hydrogen-bond acceptors (Lipinski definition) is 5. The molecule has 0 fully saturated rings. The van der Waals surface area contributed by atoms with Gasteiger partial charge in [-0.25, -0.2) is 13.4 Å². The molecule has 0 saturated heterocycles. The van der Waals surface area contributed by atoms with Crippen LogP contribution in [-0.2, 0) is 23.2 Å². The Labute approximate surface area is 208 Å². The molecule has 0 amide bonds. The van der Waals surface area contributed by atoms with Gasteiger partial charge in [-0.05, 0) is 48.9 Å². The summed E-state index contributed by atoms with van der Waals surface area (Å²) in [6, 6.07) is 18.7. The highest BCUT2D eigenvalue weighted by molar-refractivity contribution is 7.89. The second-order valence-corrected chi connectivity index (χ2v) is 10.6. The predicted octanol–water partition coefficient (Wildman–Crippen LogP) is 5.96. The summed E-state index contributed by atoms with van der Waals surface area (Å²) in [7, 11) is -2.46. The average Bonchev–Trinajstić information content (AvgIpc) is 2.80. The molecule has 3 aromatic carbocycles. The fraction of sp³-hybridized carbons (Fsp3) is 0.160. The van der Waals surface area contributed by atoms with Crippen LogP contribution in [0.3, 0.4) is 0 Å². The van der Waals surface area contributed by atoms with E-state index in [1.165, 1.54) is 35.6 Å². The number of phenols is 1. The lowest BCUT2D eigenvalue weighted by atomic mass is 10.2. The summed E-state index contributed by atoms with van der Waals surface area (Å²) in [6.45, 7) is 1.97. The second-order valence-electron chi connectivity index (χ2n) is 7.83. The normalized spacial score (nSPS) is 11.8. The van der Waals surface area contributed by atoms with Crippen LogP contribution in [0.25, 0.3) is 10.9 Å². The SMILES string of the molecule is Cc1ccc2cccc(OCc3c(Cl)ccc(S(=O)(=O)N(C)Cc4ccc(O)cc4)c3Cl)c2n1. The highest BCUT2D eigenvalue weighted by atomic mass is 35.5. The van der Waals surface area contributed by atoms with E-state index in [4.69, 9.17) is 27.9 Å². The Morgan fingerprint density at radius 3 is 2.47 bits per heavy atom. The smallest absolute Gasteiger partial charge is 0.244 e. The molecule has 0 saturated carbocycles. The minimum absolute atomic E-state index is 0.00873. The lowest BCUT2D eigenvalue weighted by molar-refractivity contribution is 0.309. The van der Waals surface area contributed by atoms with Crippen molar-refractivity contribution in [3.05, 3.63) is 93.6 Å². The lowest BCUT2D eigenvalue weighted by Gasteiger charge is -2.20. The predicted molar refractivity (Wildman–Crippen MR) is 134 cm³/mol. The van der Waals surface area contributed by atoms with Crippen molar-refractivity contribution in [1.82, 2.24) is 9.29 Å². The maximum atomic E-state index is 13.3. The van der Waals surface area contributed by atoms with Crippen LogP contribution in [0.5, 0.6) is 11.5 Å². The van der Waals surface area contributed by atoms with Gasteiger partial charge >= 0.3 is 0 Å². The topological polar surface area (TPSA) is 79.7 Å². The minimum atomic E-state index is -3.93. The first-order valence-corrected chi connectivity index (χ1v) is 12.6. The van der Waals surface area contributed by atoms with Crippen LogP contribution < -0.4 is 4.74 Å². The molecular weight excluding hydrogens is 495 g/mol. The van der Waals surface area contributed by atoms with Crippen molar-refractivity contribution in [1.29, 1.82) is 0 Å². The summed E-state index contributed by atoms with van der Waals surface area (Å²) >= 11 is 12.9. The maximum Gasteiger partial charge on any atom is 0.244 e. The molecule has 1 heterocycles. The molecule has 1 aromatic heterocycles. The molecule has 4 rings (SSSR count). The number of para-hydroxylation sites is 1. The van der Waals surface area contributed by atoms with Crippen LogP contribution in [0.15, 0.2) is 71.6 Å². The van der Waals surface area contributed by atoms with E-state index in [-0.39, 0.29) is 28.8 Å². The van der Waals surface area contributed by atoms with Gasteiger partial charge in [0.05, 0.1) is 5.02 Å². The van der Waals surface area contributed by atoms with Crippen molar-refractivity contribution >= 4 is 44.1 Å². The fourth-order valence-corrected chi connectivity index (χ4v) is 5.52. The summed E-state index contributed by atoms with van der Waals surface area (Å²) in [5.41, 5.74) is 2.64. The third-order valence-electron chi connectivity index (χ3n) is 5.37. The molecule has 0 spiro atoms. The zero-order chi connectivity index (χ0) is 24.5. The molecule has 176 valence electrons. The van der Waals surface area contributed by atoms with Crippen molar-refractivity contribution in [3.63, 3.8) is 0 Å². The van der Waals surface area contributed by atoms with E-state index in [2.05, 4.69) is 4.98 Å². The Bertz CT molecular complexity index is 1460. The first-order valence-electron chi connectivity index (χ1n) is 10.4. The molecule has 0 atom stereocenters. The zero-order valence-electron chi connectivity index (χ0n) is 18.5. The molecule has 0 unspecified atom stereocenters. The van der Waals surface area contributed by atoms with Crippen molar-refractivity contribution in [3.8, 4) is 11.5 Å². The van der Waals surface area contributed by atoms with E-state index in [1.807, 2.05) is 31.2 Å². The van der Waals surface area contributed by atoms with E-state index < -0.39 is 10.0 Å². The Kier molecular flexibility index (Phi) is 7.00. The van der Waals surface area contributed by atoms with Crippen LogP contribution in [0, 0.1) is 6.92 Å². The molecule has 34 heavy (non-hydrogen) atoms. The molecule has 9 heteroatoms. The Balaban J connectivity index is 1.62. The Morgan fingerprint density at radius 2 is 1.74 bits per heavy atom. The van der Waals surface area contributed by atoms with Crippen LogP contribution >= 0.6 is 23.2 Å². The number of fused-ring (bicyclic) bond motifs is 1. The molecule has 0 aliphatic rings. The van der Waals surface area contributed by atoms with Crippen molar-refractivity contribution in [2.24, 2.45) is 0 Å². The summed E-state index contributed by atoms with van der Waals surface area (Å²) in [5.74, 6) is 0.655. The van der Waals surface area contributed by atoms with Gasteiger partial charge in [0.2, 0.25) is 10.0 Å². The van der Waals surface area contributed by atoms with Crippen molar-refractivity contribution in [2.75, 3.05) is 7.05 Å². The van der Waals surface area contributed by atoms with Crippen molar-refractivity contribution < 1.29 is 18.3 Å². The monoisotopic (exact) mass is 516 g/mol. The van der Waals surface area contributed by atoms with Gasteiger partial charge in [0, 0.05) is 35.3 Å². The summed E-state index contributed by atoms with van der Waals surface area (Å²) in [4.78, 5) is 4.48. The molecular formula is C25H22Cl2N2O4S. The van der Waals surface area contributed by atoms with Gasteiger partial charge in [0.15, 0.2) is 0 Å². The number of pyridine rings is 1. The molecule has 0 radical (unpaired) electrons. The number of aromatic hydroxyl groups is 1. The van der Waals surface area contributed by atoms with Gasteiger partial charge in [-0.3, -0.25) is 0 Å². The van der Waals surface area contributed by atoms with Gasteiger partial charge in [0.25, 0.3) is 0 Å². The maximum absolute atomic E-state index is 13.3. The Hall–Kier alpha value is -2.84. The quantitative estimate of drug-likeness (QED) is 0.328. The van der Waals surface area contributed by atoms with Crippen molar-refractivity contribution in [2.45, 2.75) is 25.0 Å². The first kappa shape index (κ1) is 24.3. The first-order chi connectivity index (χ1) is 16.2. The van der Waals surface area contributed by atoms with E-state index >= 15 is 0 Å². The standard InChI is InChI=1S/C25H22Cl2N2O4S/c1-16-6-9-18-4-3-5-22(25(18)28-16)33-15-20-21(26)12-13-23(24(20)27)34(31,32)29(2)14-17-7-10-19(30)11-8-17/h3-13,30H,14-15H2,1-2H3. The molecule has 0 aliphatic carbocycles. The van der Waals surface area contributed by atoms with Gasteiger partial charge in [-0.2, -0.15) is 4.31 Å². The highest BCUT2D eigenvalue weighted by Crippen LogP contribution is 2.34.